The van der Waals surface area contributed by atoms with Crippen LogP contribution in [0.15, 0.2) is 29.1 Å². The molecule has 2 aromatic rings. The van der Waals surface area contributed by atoms with Gasteiger partial charge in [-0.2, -0.15) is 5.10 Å². The molecule has 1 aliphatic rings. The van der Waals surface area contributed by atoms with Crippen LogP contribution in [0.3, 0.4) is 0 Å². The molecule has 0 unspecified atom stereocenters. The molecule has 0 aromatic carbocycles. The van der Waals surface area contributed by atoms with E-state index in [4.69, 9.17) is 13.9 Å². The molecule has 3 rings (SSSR count). The van der Waals surface area contributed by atoms with E-state index in [1.807, 2.05) is 37.3 Å². The summed E-state index contributed by atoms with van der Waals surface area (Å²) in [6, 6.07) is 1.77. The van der Waals surface area contributed by atoms with E-state index in [0.29, 0.717) is 31.9 Å². The highest BCUT2D eigenvalue weighted by Gasteiger charge is 2.39. The van der Waals surface area contributed by atoms with Gasteiger partial charge in [0.05, 0.1) is 37.8 Å². The third-order valence-corrected chi connectivity index (χ3v) is 4.62. The van der Waals surface area contributed by atoms with E-state index in [-0.39, 0.29) is 18.1 Å². The Morgan fingerprint density at radius 1 is 1.44 bits per heavy atom. The Bertz CT molecular complexity index is 709. The van der Waals surface area contributed by atoms with Crippen LogP contribution in [0.4, 0.5) is 0 Å². The molecule has 3 heterocycles. The third-order valence-electron chi connectivity index (χ3n) is 4.62. The summed E-state index contributed by atoms with van der Waals surface area (Å²) < 4.78 is 18.2. The molecule has 1 amide bonds. The van der Waals surface area contributed by atoms with Gasteiger partial charge in [-0.1, -0.05) is 0 Å². The number of likely N-dealkylation sites (tertiary alicyclic amines) is 1. The van der Waals surface area contributed by atoms with Crippen LogP contribution in [0, 0.1) is 6.92 Å². The average molecular weight is 347 g/mol. The number of hydrogen-bond acceptors (Lipinski definition) is 5. The molecule has 0 radical (unpaired) electrons. The number of amides is 1. The van der Waals surface area contributed by atoms with Crippen molar-refractivity contribution in [3.8, 4) is 0 Å². The van der Waals surface area contributed by atoms with Gasteiger partial charge in [0.15, 0.2) is 5.76 Å². The van der Waals surface area contributed by atoms with Crippen molar-refractivity contribution >= 4 is 5.91 Å². The molecular formula is C18H25N3O4. The summed E-state index contributed by atoms with van der Waals surface area (Å²) in [6.45, 7) is 3.60. The summed E-state index contributed by atoms with van der Waals surface area (Å²) in [4.78, 5) is 14.8. The van der Waals surface area contributed by atoms with E-state index >= 15 is 0 Å². The minimum atomic E-state index is -0.0748. The Morgan fingerprint density at radius 3 is 2.92 bits per heavy atom. The van der Waals surface area contributed by atoms with Crippen LogP contribution >= 0.6 is 0 Å². The van der Waals surface area contributed by atoms with Gasteiger partial charge in [0.2, 0.25) is 0 Å². The number of aromatic nitrogens is 2. The minimum absolute atomic E-state index is 0.0189. The molecule has 2 atom stereocenters. The van der Waals surface area contributed by atoms with Crippen molar-refractivity contribution in [1.82, 2.24) is 14.7 Å². The van der Waals surface area contributed by atoms with E-state index in [2.05, 4.69) is 5.10 Å². The Hall–Kier alpha value is -2.12. The zero-order valence-corrected chi connectivity index (χ0v) is 15.0. The van der Waals surface area contributed by atoms with E-state index in [0.717, 1.165) is 17.5 Å². The van der Waals surface area contributed by atoms with Crippen molar-refractivity contribution in [2.24, 2.45) is 7.05 Å². The van der Waals surface area contributed by atoms with Gasteiger partial charge in [0.25, 0.3) is 5.91 Å². The van der Waals surface area contributed by atoms with E-state index < -0.39 is 0 Å². The molecule has 1 fully saturated rings. The molecule has 0 aliphatic carbocycles. The molecule has 0 saturated carbocycles. The van der Waals surface area contributed by atoms with Gasteiger partial charge in [-0.15, -0.1) is 0 Å². The zero-order chi connectivity index (χ0) is 17.8. The number of ether oxygens (including phenoxy) is 2. The molecule has 7 heteroatoms. The van der Waals surface area contributed by atoms with E-state index in [1.54, 1.807) is 18.1 Å². The van der Waals surface area contributed by atoms with Gasteiger partial charge in [-0.05, 0) is 31.4 Å². The Kier molecular flexibility index (Phi) is 5.55. The first-order valence-corrected chi connectivity index (χ1v) is 8.53. The number of hydrogen-bond donors (Lipinski definition) is 0. The van der Waals surface area contributed by atoms with Gasteiger partial charge in [0.1, 0.15) is 0 Å². The second-order valence-electron chi connectivity index (χ2n) is 6.42. The predicted molar refractivity (Wildman–Crippen MR) is 91.4 cm³/mol. The van der Waals surface area contributed by atoms with Crippen molar-refractivity contribution in [3.63, 3.8) is 0 Å². The fourth-order valence-corrected chi connectivity index (χ4v) is 3.34. The monoisotopic (exact) mass is 347 g/mol. The van der Waals surface area contributed by atoms with Crippen molar-refractivity contribution in [2.45, 2.75) is 31.9 Å². The van der Waals surface area contributed by atoms with Crippen LogP contribution in [0.2, 0.25) is 0 Å². The first-order chi connectivity index (χ1) is 12.1. The fraction of sp³-hybridized carbons (Fsp3) is 0.556. The second kappa shape index (κ2) is 7.84. The average Bonchev–Trinajstić information content (AvgIpc) is 3.29. The highest BCUT2D eigenvalue weighted by atomic mass is 16.5. The Labute approximate surface area is 147 Å². The molecule has 1 saturated heterocycles. The normalized spacial score (nSPS) is 20.4. The summed E-state index contributed by atoms with van der Waals surface area (Å²) in [5, 5.41) is 4.23. The molecule has 1 aliphatic heterocycles. The fourth-order valence-electron chi connectivity index (χ4n) is 3.34. The number of furan rings is 1. The van der Waals surface area contributed by atoms with E-state index in [9.17, 15) is 4.79 Å². The summed E-state index contributed by atoms with van der Waals surface area (Å²) >= 11 is 0. The van der Waals surface area contributed by atoms with Gasteiger partial charge in [-0.25, -0.2) is 0 Å². The van der Waals surface area contributed by atoms with Crippen LogP contribution in [-0.4, -0.2) is 59.6 Å². The SMILES string of the molecule is COCCO[C@@H]1CCN(C(=O)c2occc2C)[C@H]1Cc1cnn(C)c1. The standard InChI is InChI=1S/C18H25N3O4/c1-13-5-7-25-17(13)18(22)21-6-4-16(24-9-8-23-3)15(21)10-14-11-19-20(2)12-14/h5,7,11-12,15-16H,4,6,8-10H2,1-3H3/t15-,16+/m0/s1. The first kappa shape index (κ1) is 17.7. The number of carbonyl (C=O) groups excluding carboxylic acids is 1. The Balaban J connectivity index is 1.77. The number of carbonyl (C=O) groups is 1. The van der Waals surface area contributed by atoms with Gasteiger partial charge in [-0.3, -0.25) is 9.48 Å². The molecule has 2 aromatic heterocycles. The van der Waals surface area contributed by atoms with Gasteiger partial charge >= 0.3 is 0 Å². The van der Waals surface area contributed by atoms with Crippen LogP contribution in [0.5, 0.6) is 0 Å². The maximum Gasteiger partial charge on any atom is 0.290 e. The predicted octanol–water partition coefficient (Wildman–Crippen LogP) is 1.81. The lowest BCUT2D eigenvalue weighted by Crippen LogP contribution is -2.42. The maximum atomic E-state index is 12.9. The number of methoxy groups -OCH3 is 1. The molecule has 136 valence electrons. The zero-order valence-electron chi connectivity index (χ0n) is 15.0. The lowest BCUT2D eigenvalue weighted by atomic mass is 10.0. The van der Waals surface area contributed by atoms with Crippen molar-refractivity contribution in [2.75, 3.05) is 26.9 Å². The summed E-state index contributed by atoms with van der Waals surface area (Å²) in [6.07, 6.45) is 6.87. The smallest absolute Gasteiger partial charge is 0.290 e. The summed E-state index contributed by atoms with van der Waals surface area (Å²) in [5.41, 5.74) is 1.94. The highest BCUT2D eigenvalue weighted by molar-refractivity contribution is 5.93. The van der Waals surface area contributed by atoms with Crippen molar-refractivity contribution < 1.29 is 18.7 Å². The molecule has 0 spiro atoms. The molecule has 25 heavy (non-hydrogen) atoms. The number of rotatable bonds is 7. The van der Waals surface area contributed by atoms with Crippen LogP contribution < -0.4 is 0 Å². The third kappa shape index (κ3) is 3.93. The van der Waals surface area contributed by atoms with Crippen molar-refractivity contribution in [1.29, 1.82) is 0 Å². The molecule has 7 nitrogen and oxygen atoms in total. The highest BCUT2D eigenvalue weighted by Crippen LogP contribution is 2.27. The van der Waals surface area contributed by atoms with Gasteiger partial charge < -0.3 is 18.8 Å². The number of nitrogens with zero attached hydrogens (tertiary/aromatic N) is 3. The lowest BCUT2D eigenvalue weighted by molar-refractivity contribution is 0.0000863. The van der Waals surface area contributed by atoms with Crippen LogP contribution in [0.25, 0.3) is 0 Å². The first-order valence-electron chi connectivity index (χ1n) is 8.53. The quantitative estimate of drug-likeness (QED) is 0.715. The summed E-state index contributed by atoms with van der Waals surface area (Å²) in [5.74, 6) is 0.336. The second-order valence-corrected chi connectivity index (χ2v) is 6.42. The molecule has 0 bridgehead atoms. The topological polar surface area (TPSA) is 69.7 Å². The number of aryl methyl sites for hydroxylation is 2. The van der Waals surface area contributed by atoms with Crippen LogP contribution in [0.1, 0.15) is 28.1 Å². The Morgan fingerprint density at radius 2 is 2.28 bits per heavy atom. The van der Waals surface area contributed by atoms with E-state index in [1.165, 1.54) is 0 Å². The van der Waals surface area contributed by atoms with Gasteiger partial charge in [0, 0.05) is 32.5 Å². The van der Waals surface area contributed by atoms with Crippen LogP contribution in [-0.2, 0) is 22.9 Å². The molecule has 0 N–H and O–H groups in total. The lowest BCUT2D eigenvalue weighted by Gasteiger charge is -2.27. The minimum Gasteiger partial charge on any atom is -0.459 e. The largest absolute Gasteiger partial charge is 0.459 e. The van der Waals surface area contributed by atoms with Crippen molar-refractivity contribution in [3.05, 3.63) is 41.6 Å². The molecular weight excluding hydrogens is 322 g/mol. The maximum absolute atomic E-state index is 12.9. The summed E-state index contributed by atoms with van der Waals surface area (Å²) in [7, 11) is 3.54.